The number of fused-ring (bicyclic) bond motifs is 1. The number of halogens is 1. The highest BCUT2D eigenvalue weighted by molar-refractivity contribution is 5.95. The molecule has 0 bridgehead atoms. The molecule has 2 aromatic rings. The van der Waals surface area contributed by atoms with Crippen molar-refractivity contribution in [2.75, 3.05) is 18.5 Å². The summed E-state index contributed by atoms with van der Waals surface area (Å²) < 4.78 is 34.7. The van der Waals surface area contributed by atoms with E-state index >= 15 is 0 Å². The van der Waals surface area contributed by atoms with Crippen LogP contribution in [0, 0.1) is 5.82 Å². The summed E-state index contributed by atoms with van der Waals surface area (Å²) in [6.45, 7) is 5.37. The van der Waals surface area contributed by atoms with Crippen molar-refractivity contribution in [3.8, 4) is 17.2 Å². The van der Waals surface area contributed by atoms with Gasteiger partial charge in [0.25, 0.3) is 5.91 Å². The van der Waals surface area contributed by atoms with Gasteiger partial charge in [-0.2, -0.15) is 0 Å². The fourth-order valence-corrected chi connectivity index (χ4v) is 2.56. The van der Waals surface area contributed by atoms with E-state index in [0.29, 0.717) is 36.1 Å². The summed E-state index contributed by atoms with van der Waals surface area (Å²) in [5, 5.41) is 2.67. The number of hydrogen-bond donors (Lipinski definition) is 1. The molecular formula is C21H22FNO6. The monoisotopic (exact) mass is 403 g/mol. The maximum atomic E-state index is 13.0. The first kappa shape index (κ1) is 20.4. The minimum atomic E-state index is -1.37. The van der Waals surface area contributed by atoms with Crippen LogP contribution < -0.4 is 19.5 Å². The van der Waals surface area contributed by atoms with Gasteiger partial charge in [0.1, 0.15) is 24.8 Å². The van der Waals surface area contributed by atoms with Gasteiger partial charge in [0, 0.05) is 11.8 Å². The van der Waals surface area contributed by atoms with E-state index in [-0.39, 0.29) is 0 Å². The average molecular weight is 403 g/mol. The molecule has 0 radical (unpaired) electrons. The lowest BCUT2D eigenvalue weighted by Gasteiger charge is -2.26. The lowest BCUT2D eigenvalue weighted by Crippen LogP contribution is -2.43. The van der Waals surface area contributed by atoms with Gasteiger partial charge in [0.2, 0.25) is 0 Å². The predicted molar refractivity (Wildman–Crippen MR) is 103 cm³/mol. The summed E-state index contributed by atoms with van der Waals surface area (Å²) in [6.07, 6.45) is -1.06. The van der Waals surface area contributed by atoms with E-state index in [0.717, 1.165) is 0 Å². The largest absolute Gasteiger partial charge is 0.486 e. The molecule has 2 aromatic carbocycles. The Morgan fingerprint density at radius 2 is 1.72 bits per heavy atom. The van der Waals surface area contributed by atoms with Gasteiger partial charge in [-0.1, -0.05) is 0 Å². The molecule has 0 aliphatic carbocycles. The van der Waals surface area contributed by atoms with Crippen LogP contribution in [-0.4, -0.2) is 36.8 Å². The molecule has 1 aliphatic rings. The lowest BCUT2D eigenvalue weighted by molar-refractivity contribution is -0.166. The molecule has 1 aliphatic heterocycles. The Hall–Kier alpha value is -3.29. The van der Waals surface area contributed by atoms with E-state index in [9.17, 15) is 14.0 Å². The van der Waals surface area contributed by atoms with Gasteiger partial charge in [-0.15, -0.1) is 0 Å². The molecule has 7 nitrogen and oxygen atoms in total. The first-order valence-corrected chi connectivity index (χ1v) is 9.11. The summed E-state index contributed by atoms with van der Waals surface area (Å²) in [5.41, 5.74) is -0.882. The molecule has 1 heterocycles. The zero-order valence-corrected chi connectivity index (χ0v) is 16.4. The van der Waals surface area contributed by atoms with Gasteiger partial charge >= 0.3 is 5.97 Å². The van der Waals surface area contributed by atoms with Crippen LogP contribution in [-0.2, 0) is 14.3 Å². The summed E-state index contributed by atoms with van der Waals surface area (Å²) >= 11 is 0. The minimum absolute atomic E-state index is 0.307. The SMILES string of the molecule is C[C@@H](OC(=O)C(C)(C)Oc1ccc(F)cc1)C(=O)Nc1ccc2c(c1)OCCO2. The third kappa shape index (κ3) is 5.16. The summed E-state index contributed by atoms with van der Waals surface area (Å²) in [4.78, 5) is 24.9. The van der Waals surface area contributed by atoms with Crippen LogP contribution in [0.15, 0.2) is 42.5 Å². The molecule has 8 heteroatoms. The highest BCUT2D eigenvalue weighted by Crippen LogP contribution is 2.32. The number of ether oxygens (including phenoxy) is 4. The molecule has 0 fully saturated rings. The van der Waals surface area contributed by atoms with Crippen molar-refractivity contribution in [2.24, 2.45) is 0 Å². The number of nitrogens with one attached hydrogen (secondary N) is 1. The number of benzene rings is 2. The number of carbonyl (C=O) groups excluding carboxylic acids is 2. The molecule has 0 aromatic heterocycles. The second-order valence-electron chi connectivity index (χ2n) is 6.96. The Morgan fingerprint density at radius 1 is 1.07 bits per heavy atom. The maximum absolute atomic E-state index is 13.0. The number of amides is 1. The Kier molecular flexibility index (Phi) is 5.91. The minimum Gasteiger partial charge on any atom is -0.486 e. The van der Waals surface area contributed by atoms with Crippen molar-refractivity contribution in [3.63, 3.8) is 0 Å². The smallest absolute Gasteiger partial charge is 0.350 e. The average Bonchev–Trinajstić information content (AvgIpc) is 2.69. The number of anilines is 1. The van der Waals surface area contributed by atoms with Gasteiger partial charge in [0.05, 0.1) is 0 Å². The molecular weight excluding hydrogens is 381 g/mol. The van der Waals surface area contributed by atoms with Crippen LogP contribution in [0.3, 0.4) is 0 Å². The van der Waals surface area contributed by atoms with E-state index in [4.69, 9.17) is 18.9 Å². The molecule has 0 unspecified atom stereocenters. The molecule has 3 rings (SSSR count). The van der Waals surface area contributed by atoms with Crippen LogP contribution in [0.5, 0.6) is 17.2 Å². The normalized spacial score (nSPS) is 13.9. The maximum Gasteiger partial charge on any atom is 0.350 e. The van der Waals surface area contributed by atoms with Crippen LogP contribution in [0.25, 0.3) is 0 Å². The second-order valence-corrected chi connectivity index (χ2v) is 6.96. The lowest BCUT2D eigenvalue weighted by atomic mass is 10.1. The van der Waals surface area contributed by atoms with E-state index < -0.39 is 29.4 Å². The van der Waals surface area contributed by atoms with Crippen molar-refractivity contribution < 1.29 is 32.9 Å². The highest BCUT2D eigenvalue weighted by atomic mass is 19.1. The van der Waals surface area contributed by atoms with E-state index in [2.05, 4.69) is 5.32 Å². The quantitative estimate of drug-likeness (QED) is 0.745. The van der Waals surface area contributed by atoms with Gasteiger partial charge in [-0.05, 0) is 57.2 Å². The van der Waals surface area contributed by atoms with Crippen molar-refractivity contribution in [2.45, 2.75) is 32.5 Å². The second kappa shape index (κ2) is 8.38. The van der Waals surface area contributed by atoms with Crippen LogP contribution in [0.2, 0.25) is 0 Å². The number of esters is 1. The zero-order valence-electron chi connectivity index (χ0n) is 16.4. The number of rotatable bonds is 6. The summed E-state index contributed by atoms with van der Waals surface area (Å²) in [7, 11) is 0. The summed E-state index contributed by atoms with van der Waals surface area (Å²) in [6, 6.07) is 10.3. The highest BCUT2D eigenvalue weighted by Gasteiger charge is 2.34. The van der Waals surface area contributed by atoms with Gasteiger partial charge in [-0.3, -0.25) is 4.79 Å². The summed E-state index contributed by atoms with van der Waals surface area (Å²) in [5.74, 6) is -0.205. The third-order valence-electron chi connectivity index (χ3n) is 4.14. The van der Waals surface area contributed by atoms with Crippen LogP contribution in [0.4, 0.5) is 10.1 Å². The van der Waals surface area contributed by atoms with Crippen molar-refractivity contribution >= 4 is 17.6 Å². The predicted octanol–water partition coefficient (Wildman–Crippen LogP) is 3.32. The Balaban J connectivity index is 1.58. The van der Waals surface area contributed by atoms with E-state index in [1.807, 2.05) is 0 Å². The van der Waals surface area contributed by atoms with Crippen LogP contribution in [0.1, 0.15) is 20.8 Å². The Bertz CT molecular complexity index is 897. The van der Waals surface area contributed by atoms with Crippen molar-refractivity contribution in [3.05, 3.63) is 48.3 Å². The van der Waals surface area contributed by atoms with E-state index in [1.165, 1.54) is 45.0 Å². The molecule has 0 saturated heterocycles. The molecule has 0 spiro atoms. The molecule has 1 atom stereocenters. The van der Waals surface area contributed by atoms with Crippen molar-refractivity contribution in [1.29, 1.82) is 0 Å². The molecule has 0 saturated carbocycles. The van der Waals surface area contributed by atoms with Crippen LogP contribution >= 0.6 is 0 Å². The standard InChI is InChI=1S/C21H22FNO6/c1-13(19(24)23-15-6-9-17-18(12-15)27-11-10-26-17)28-20(25)21(2,3)29-16-7-4-14(22)5-8-16/h4-9,12-13H,10-11H2,1-3H3,(H,23,24)/t13-/m1/s1. The first-order chi connectivity index (χ1) is 13.7. The fraction of sp³-hybridized carbons (Fsp3) is 0.333. The van der Waals surface area contributed by atoms with Gasteiger partial charge in [0.15, 0.2) is 23.2 Å². The number of hydrogen-bond acceptors (Lipinski definition) is 6. The van der Waals surface area contributed by atoms with Crippen molar-refractivity contribution in [1.82, 2.24) is 0 Å². The fourth-order valence-electron chi connectivity index (χ4n) is 2.56. The number of carbonyl (C=O) groups is 2. The third-order valence-corrected chi connectivity index (χ3v) is 4.14. The molecule has 1 N–H and O–H groups in total. The molecule has 29 heavy (non-hydrogen) atoms. The topological polar surface area (TPSA) is 83.1 Å². The Labute approximate surface area is 167 Å². The van der Waals surface area contributed by atoms with E-state index in [1.54, 1.807) is 18.2 Å². The Morgan fingerprint density at radius 3 is 2.41 bits per heavy atom. The van der Waals surface area contributed by atoms with Gasteiger partial charge < -0.3 is 24.3 Å². The van der Waals surface area contributed by atoms with Gasteiger partial charge in [-0.25, -0.2) is 9.18 Å². The zero-order chi connectivity index (χ0) is 21.0. The first-order valence-electron chi connectivity index (χ1n) is 9.11. The molecule has 1 amide bonds. The molecule has 154 valence electrons.